The molecular formula is C14H22N2O5. The van der Waals surface area contributed by atoms with Gasteiger partial charge in [0.05, 0.1) is 12.5 Å². The number of ether oxygens (including phenoxy) is 1. The van der Waals surface area contributed by atoms with Gasteiger partial charge in [-0.1, -0.05) is 12.8 Å². The van der Waals surface area contributed by atoms with E-state index in [2.05, 4.69) is 5.32 Å². The first-order valence-corrected chi connectivity index (χ1v) is 7.30. The van der Waals surface area contributed by atoms with Gasteiger partial charge in [-0.2, -0.15) is 0 Å². The number of hydrogen-bond acceptors (Lipinski definition) is 4. The molecule has 0 spiro atoms. The zero-order chi connectivity index (χ0) is 15.5. The van der Waals surface area contributed by atoms with Crippen molar-refractivity contribution in [3.8, 4) is 0 Å². The molecule has 2 N–H and O–H groups in total. The Morgan fingerprint density at radius 2 is 2.10 bits per heavy atom. The molecule has 1 heterocycles. The van der Waals surface area contributed by atoms with Crippen LogP contribution >= 0.6 is 0 Å². The van der Waals surface area contributed by atoms with Crippen LogP contribution in [-0.4, -0.2) is 60.1 Å². The number of carboxylic acids is 1. The van der Waals surface area contributed by atoms with Gasteiger partial charge in [0.15, 0.2) is 0 Å². The maximum absolute atomic E-state index is 12.3. The highest BCUT2D eigenvalue weighted by Gasteiger charge is 2.45. The Morgan fingerprint density at radius 1 is 1.43 bits per heavy atom. The molecule has 1 aliphatic carbocycles. The zero-order valence-corrected chi connectivity index (χ0v) is 12.3. The summed E-state index contributed by atoms with van der Waals surface area (Å²) in [6.45, 7) is 1.23. The Balaban J connectivity index is 1.95. The van der Waals surface area contributed by atoms with Gasteiger partial charge in [-0.05, 0) is 12.8 Å². The third-order valence-corrected chi connectivity index (χ3v) is 4.38. The predicted octanol–water partition coefficient (Wildman–Crippen LogP) is -0.00510. The normalized spacial score (nSPS) is 24.3. The summed E-state index contributed by atoms with van der Waals surface area (Å²) in [5.74, 6) is -1.85. The van der Waals surface area contributed by atoms with Crippen LogP contribution in [0.4, 0.5) is 0 Å². The first kappa shape index (κ1) is 15.8. The number of likely N-dealkylation sites (tertiary alicyclic amines) is 1. The number of methoxy groups -OCH3 is 1. The molecule has 1 saturated carbocycles. The van der Waals surface area contributed by atoms with Gasteiger partial charge in [0.1, 0.15) is 5.54 Å². The molecule has 2 amide bonds. The Morgan fingerprint density at radius 3 is 2.67 bits per heavy atom. The molecule has 2 aliphatic rings. The molecule has 7 nitrogen and oxygen atoms in total. The van der Waals surface area contributed by atoms with Crippen LogP contribution in [0.15, 0.2) is 0 Å². The molecule has 2 fully saturated rings. The average Bonchev–Trinajstić information content (AvgIpc) is 3.04. The summed E-state index contributed by atoms with van der Waals surface area (Å²) in [6, 6.07) is 0. The molecule has 21 heavy (non-hydrogen) atoms. The van der Waals surface area contributed by atoms with Crippen molar-refractivity contribution in [3.63, 3.8) is 0 Å². The SMILES string of the molecule is COCCN1CC(C(=O)NC2(C(=O)O)CCCC2)CC1=O. The molecule has 0 aromatic carbocycles. The van der Waals surface area contributed by atoms with Gasteiger partial charge >= 0.3 is 5.97 Å². The van der Waals surface area contributed by atoms with E-state index in [9.17, 15) is 19.5 Å². The summed E-state index contributed by atoms with van der Waals surface area (Å²) in [4.78, 5) is 37.1. The van der Waals surface area contributed by atoms with Crippen molar-refractivity contribution in [2.24, 2.45) is 5.92 Å². The van der Waals surface area contributed by atoms with E-state index in [1.165, 1.54) is 0 Å². The third-order valence-electron chi connectivity index (χ3n) is 4.38. The number of nitrogens with one attached hydrogen (secondary N) is 1. The van der Waals surface area contributed by atoms with Crippen LogP contribution in [0.25, 0.3) is 0 Å². The van der Waals surface area contributed by atoms with Crippen LogP contribution in [0.5, 0.6) is 0 Å². The summed E-state index contributed by atoms with van der Waals surface area (Å²) in [5, 5.41) is 12.0. The van der Waals surface area contributed by atoms with Gasteiger partial charge in [0.2, 0.25) is 11.8 Å². The fourth-order valence-corrected chi connectivity index (χ4v) is 3.07. The van der Waals surface area contributed by atoms with Crippen LogP contribution < -0.4 is 5.32 Å². The van der Waals surface area contributed by atoms with Crippen molar-refractivity contribution in [1.29, 1.82) is 0 Å². The quantitative estimate of drug-likeness (QED) is 0.719. The number of hydrogen-bond donors (Lipinski definition) is 2. The largest absolute Gasteiger partial charge is 0.480 e. The summed E-state index contributed by atoms with van der Waals surface area (Å²) < 4.78 is 4.93. The van der Waals surface area contributed by atoms with Crippen molar-refractivity contribution in [1.82, 2.24) is 10.2 Å². The number of rotatable bonds is 6. The zero-order valence-electron chi connectivity index (χ0n) is 12.3. The molecule has 0 aromatic heterocycles. The lowest BCUT2D eigenvalue weighted by atomic mass is 9.96. The average molecular weight is 298 g/mol. The van der Waals surface area contributed by atoms with E-state index in [1.54, 1.807) is 12.0 Å². The van der Waals surface area contributed by atoms with Gasteiger partial charge in [-0.3, -0.25) is 9.59 Å². The summed E-state index contributed by atoms with van der Waals surface area (Å²) in [7, 11) is 1.56. The number of carboxylic acid groups (broad SMARTS) is 1. The fraction of sp³-hybridized carbons (Fsp3) is 0.786. The van der Waals surface area contributed by atoms with E-state index in [1.807, 2.05) is 0 Å². The van der Waals surface area contributed by atoms with Crippen LogP contribution in [-0.2, 0) is 19.1 Å². The first-order chi connectivity index (χ1) is 9.98. The highest BCUT2D eigenvalue weighted by molar-refractivity contribution is 5.92. The van der Waals surface area contributed by atoms with Crippen molar-refractivity contribution >= 4 is 17.8 Å². The maximum atomic E-state index is 12.3. The number of amides is 2. The third kappa shape index (κ3) is 3.34. The molecule has 2 rings (SSSR count). The molecule has 1 aliphatic heterocycles. The predicted molar refractivity (Wildman–Crippen MR) is 73.5 cm³/mol. The van der Waals surface area contributed by atoms with Crippen LogP contribution in [0.1, 0.15) is 32.1 Å². The van der Waals surface area contributed by atoms with Gasteiger partial charge in [-0.15, -0.1) is 0 Å². The van der Waals surface area contributed by atoms with Gasteiger partial charge in [0.25, 0.3) is 0 Å². The summed E-state index contributed by atoms with van der Waals surface area (Å²) in [5.41, 5.74) is -1.14. The second kappa shape index (κ2) is 6.43. The van der Waals surface area contributed by atoms with Crippen molar-refractivity contribution in [2.45, 2.75) is 37.6 Å². The Bertz CT molecular complexity index is 431. The number of nitrogens with zero attached hydrogens (tertiary/aromatic N) is 1. The second-order valence-corrected chi connectivity index (χ2v) is 5.82. The monoisotopic (exact) mass is 298 g/mol. The van der Waals surface area contributed by atoms with Gasteiger partial charge in [0, 0.05) is 26.6 Å². The van der Waals surface area contributed by atoms with E-state index in [4.69, 9.17) is 4.74 Å². The molecule has 1 atom stereocenters. The summed E-state index contributed by atoms with van der Waals surface area (Å²) >= 11 is 0. The Labute approximate surface area is 123 Å². The Hall–Kier alpha value is -1.63. The Kier molecular flexibility index (Phi) is 4.82. The second-order valence-electron chi connectivity index (χ2n) is 5.82. The van der Waals surface area contributed by atoms with Crippen molar-refractivity contribution < 1.29 is 24.2 Å². The van der Waals surface area contributed by atoms with Gasteiger partial charge < -0.3 is 20.1 Å². The smallest absolute Gasteiger partial charge is 0.329 e. The topological polar surface area (TPSA) is 95.9 Å². The van der Waals surface area contributed by atoms with Crippen LogP contribution in [0.2, 0.25) is 0 Å². The summed E-state index contributed by atoms with van der Waals surface area (Å²) in [6.07, 6.45) is 2.67. The van der Waals surface area contributed by atoms with E-state index in [0.29, 0.717) is 32.5 Å². The lowest BCUT2D eigenvalue weighted by molar-refractivity contribution is -0.148. The minimum atomic E-state index is -1.14. The van der Waals surface area contributed by atoms with E-state index < -0.39 is 17.4 Å². The number of carbonyl (C=O) groups is 3. The molecule has 7 heteroatoms. The molecule has 118 valence electrons. The lowest BCUT2D eigenvalue weighted by Gasteiger charge is -2.26. The maximum Gasteiger partial charge on any atom is 0.329 e. The highest BCUT2D eigenvalue weighted by Crippen LogP contribution is 2.31. The van der Waals surface area contributed by atoms with Crippen LogP contribution in [0, 0.1) is 5.92 Å². The minimum absolute atomic E-state index is 0.0806. The van der Waals surface area contributed by atoms with Crippen molar-refractivity contribution in [2.75, 3.05) is 26.8 Å². The fourth-order valence-electron chi connectivity index (χ4n) is 3.07. The lowest BCUT2D eigenvalue weighted by Crippen LogP contribution is -2.54. The molecule has 0 radical (unpaired) electrons. The number of carbonyl (C=O) groups excluding carboxylic acids is 2. The first-order valence-electron chi connectivity index (χ1n) is 7.30. The molecule has 1 unspecified atom stereocenters. The molecule has 1 saturated heterocycles. The van der Waals surface area contributed by atoms with Gasteiger partial charge in [-0.25, -0.2) is 4.79 Å². The molecule has 0 bridgehead atoms. The number of aliphatic carboxylic acids is 1. The van der Waals surface area contributed by atoms with E-state index in [0.717, 1.165) is 12.8 Å². The van der Waals surface area contributed by atoms with Crippen LogP contribution in [0.3, 0.4) is 0 Å². The molecule has 0 aromatic rings. The standard InChI is InChI=1S/C14H22N2O5/c1-21-7-6-16-9-10(8-11(16)17)12(18)15-14(13(19)20)4-2-3-5-14/h10H,2-9H2,1H3,(H,15,18)(H,19,20). The van der Waals surface area contributed by atoms with Crippen molar-refractivity contribution in [3.05, 3.63) is 0 Å². The highest BCUT2D eigenvalue weighted by atomic mass is 16.5. The minimum Gasteiger partial charge on any atom is -0.480 e. The molecular weight excluding hydrogens is 276 g/mol. The van der Waals surface area contributed by atoms with E-state index in [-0.39, 0.29) is 18.2 Å². The van der Waals surface area contributed by atoms with E-state index >= 15 is 0 Å².